The lowest BCUT2D eigenvalue weighted by molar-refractivity contribution is -0.120. The van der Waals surface area contributed by atoms with Crippen molar-refractivity contribution in [3.63, 3.8) is 0 Å². The molecule has 1 amide bonds. The molecule has 0 radical (unpaired) electrons. The fourth-order valence-electron chi connectivity index (χ4n) is 1.99. The minimum Gasteiger partial charge on any atom is -0.316 e. The van der Waals surface area contributed by atoms with E-state index >= 15 is 0 Å². The normalized spacial score (nSPS) is 23.7. The first-order valence-corrected chi connectivity index (χ1v) is 6.52. The van der Waals surface area contributed by atoms with Gasteiger partial charge in [-0.1, -0.05) is 6.92 Å². The van der Waals surface area contributed by atoms with Crippen LogP contribution in [0.2, 0.25) is 0 Å². The predicted molar refractivity (Wildman–Crippen MR) is 70.8 cm³/mol. The summed E-state index contributed by atoms with van der Waals surface area (Å²) >= 11 is 3.39. The van der Waals surface area contributed by atoms with Gasteiger partial charge in [0.15, 0.2) is 0 Å². The van der Waals surface area contributed by atoms with E-state index in [-0.39, 0.29) is 11.8 Å². The van der Waals surface area contributed by atoms with Crippen molar-refractivity contribution in [3.05, 3.63) is 22.3 Å². The Labute approximate surface area is 109 Å². The number of halogens is 1. The van der Waals surface area contributed by atoms with Crippen LogP contribution in [-0.4, -0.2) is 24.0 Å². The van der Waals surface area contributed by atoms with Gasteiger partial charge in [-0.3, -0.25) is 4.79 Å². The van der Waals surface area contributed by atoms with Crippen molar-refractivity contribution in [2.24, 2.45) is 11.8 Å². The Balaban J connectivity index is 2.05. The van der Waals surface area contributed by atoms with E-state index in [1.54, 1.807) is 0 Å². The third-order valence-corrected chi connectivity index (χ3v) is 3.96. The number of aryl methyl sites for hydroxylation is 1. The summed E-state index contributed by atoms with van der Waals surface area (Å²) < 4.78 is 0.950. The Hall–Kier alpha value is -0.940. The van der Waals surface area contributed by atoms with E-state index in [4.69, 9.17) is 0 Å². The summed E-state index contributed by atoms with van der Waals surface area (Å²) in [6.07, 6.45) is 0. The Morgan fingerprint density at radius 2 is 2.29 bits per heavy atom. The number of nitrogens with one attached hydrogen (secondary N) is 2. The van der Waals surface area contributed by atoms with Crippen LogP contribution < -0.4 is 10.6 Å². The highest BCUT2D eigenvalue weighted by Crippen LogP contribution is 2.20. The van der Waals surface area contributed by atoms with Crippen LogP contribution in [-0.2, 0) is 4.79 Å². The van der Waals surface area contributed by atoms with Crippen LogP contribution in [0.1, 0.15) is 12.6 Å². The van der Waals surface area contributed by atoms with E-state index in [9.17, 15) is 4.79 Å². The van der Waals surface area contributed by atoms with Crippen molar-refractivity contribution in [1.29, 1.82) is 0 Å². The molecular weight excluding hydrogens is 282 g/mol. The van der Waals surface area contributed by atoms with Crippen molar-refractivity contribution in [1.82, 2.24) is 10.3 Å². The van der Waals surface area contributed by atoms with Crippen molar-refractivity contribution in [2.45, 2.75) is 13.8 Å². The number of hydrogen-bond donors (Lipinski definition) is 2. The van der Waals surface area contributed by atoms with Crippen molar-refractivity contribution < 1.29 is 4.79 Å². The molecule has 1 aliphatic rings. The fraction of sp³-hybridized carbons (Fsp3) is 0.500. The molecule has 2 heterocycles. The molecule has 4 nitrogen and oxygen atoms in total. The Morgan fingerprint density at radius 3 is 2.88 bits per heavy atom. The third-order valence-electron chi connectivity index (χ3n) is 3.13. The van der Waals surface area contributed by atoms with Crippen LogP contribution in [0.25, 0.3) is 0 Å². The highest BCUT2D eigenvalue weighted by Gasteiger charge is 2.29. The summed E-state index contributed by atoms with van der Waals surface area (Å²) in [5.74, 6) is 1.10. The number of hydrogen-bond acceptors (Lipinski definition) is 3. The third kappa shape index (κ3) is 2.84. The monoisotopic (exact) mass is 297 g/mol. The van der Waals surface area contributed by atoms with Gasteiger partial charge >= 0.3 is 0 Å². The summed E-state index contributed by atoms with van der Waals surface area (Å²) in [5, 5.41) is 6.09. The number of amides is 1. The minimum absolute atomic E-state index is 0.0424. The summed E-state index contributed by atoms with van der Waals surface area (Å²) in [7, 11) is 0. The molecule has 5 heteroatoms. The molecule has 1 fully saturated rings. The standard InChI is InChI=1S/C12H16BrN3O/c1-7-5-14-6-9(7)12(17)16-11-4-3-10(13)8(2)15-11/h3-4,7,9,14H,5-6H2,1-2H3,(H,15,16,17)/t7-,9-/m1/s1. The van der Waals surface area contributed by atoms with E-state index in [2.05, 4.69) is 38.5 Å². The molecule has 2 atom stereocenters. The van der Waals surface area contributed by atoms with Gasteiger partial charge in [0.25, 0.3) is 0 Å². The first kappa shape index (κ1) is 12.5. The number of nitrogens with zero attached hydrogens (tertiary/aromatic N) is 1. The van der Waals surface area contributed by atoms with Crippen molar-refractivity contribution in [2.75, 3.05) is 18.4 Å². The number of anilines is 1. The van der Waals surface area contributed by atoms with Crippen molar-refractivity contribution in [3.8, 4) is 0 Å². The molecule has 0 aromatic carbocycles. The zero-order valence-corrected chi connectivity index (χ0v) is 11.5. The Kier molecular flexibility index (Phi) is 3.79. The largest absolute Gasteiger partial charge is 0.316 e. The van der Waals surface area contributed by atoms with E-state index in [0.29, 0.717) is 11.7 Å². The van der Waals surface area contributed by atoms with Gasteiger partial charge in [0, 0.05) is 11.0 Å². The number of rotatable bonds is 2. The molecule has 1 aromatic rings. The lowest BCUT2D eigenvalue weighted by Crippen LogP contribution is -2.28. The second-order valence-corrected chi connectivity index (χ2v) is 5.35. The van der Waals surface area contributed by atoms with Crippen LogP contribution in [0.4, 0.5) is 5.82 Å². The van der Waals surface area contributed by atoms with Crippen LogP contribution >= 0.6 is 15.9 Å². The summed E-state index contributed by atoms with van der Waals surface area (Å²) in [5.41, 5.74) is 0.875. The molecule has 0 unspecified atom stereocenters. The average Bonchev–Trinajstić information content (AvgIpc) is 2.70. The van der Waals surface area contributed by atoms with Gasteiger partial charge in [-0.05, 0) is 47.4 Å². The molecule has 0 spiro atoms. The molecule has 1 saturated heterocycles. The number of carbonyl (C=O) groups is 1. The number of pyridine rings is 1. The molecule has 92 valence electrons. The molecule has 0 aliphatic carbocycles. The number of aromatic nitrogens is 1. The Morgan fingerprint density at radius 1 is 1.53 bits per heavy atom. The fourth-order valence-corrected chi connectivity index (χ4v) is 2.21. The lowest BCUT2D eigenvalue weighted by Gasteiger charge is -2.14. The maximum Gasteiger partial charge on any atom is 0.230 e. The topological polar surface area (TPSA) is 54.0 Å². The molecule has 2 N–H and O–H groups in total. The summed E-state index contributed by atoms with van der Waals surface area (Å²) in [4.78, 5) is 16.3. The maximum atomic E-state index is 12.0. The SMILES string of the molecule is Cc1nc(NC(=O)[C@@H]2CNC[C@H]2C)ccc1Br. The van der Waals surface area contributed by atoms with Crippen molar-refractivity contribution >= 4 is 27.7 Å². The summed E-state index contributed by atoms with van der Waals surface area (Å²) in [6.45, 7) is 5.65. The van der Waals surface area contributed by atoms with E-state index in [1.165, 1.54) is 0 Å². The molecular formula is C12H16BrN3O. The predicted octanol–water partition coefficient (Wildman–Crippen LogP) is 1.95. The second-order valence-electron chi connectivity index (χ2n) is 4.50. The van der Waals surface area contributed by atoms with Gasteiger partial charge in [-0.25, -0.2) is 4.98 Å². The van der Waals surface area contributed by atoms with Gasteiger partial charge in [0.2, 0.25) is 5.91 Å². The Bertz CT molecular complexity index is 436. The first-order chi connectivity index (χ1) is 8.08. The van der Waals surface area contributed by atoms with Gasteiger partial charge in [-0.15, -0.1) is 0 Å². The van der Waals surface area contributed by atoms with E-state index in [1.807, 2.05) is 19.1 Å². The van der Waals surface area contributed by atoms with Crippen LogP contribution in [0.3, 0.4) is 0 Å². The zero-order valence-electron chi connectivity index (χ0n) is 9.96. The van der Waals surface area contributed by atoms with Gasteiger partial charge < -0.3 is 10.6 Å². The smallest absolute Gasteiger partial charge is 0.230 e. The molecule has 1 aromatic heterocycles. The lowest BCUT2D eigenvalue weighted by atomic mass is 9.97. The molecule has 2 rings (SSSR count). The van der Waals surface area contributed by atoms with Gasteiger partial charge in [0.05, 0.1) is 11.6 Å². The highest BCUT2D eigenvalue weighted by atomic mass is 79.9. The molecule has 0 bridgehead atoms. The molecule has 17 heavy (non-hydrogen) atoms. The van der Waals surface area contributed by atoms with Crippen LogP contribution in [0.5, 0.6) is 0 Å². The summed E-state index contributed by atoms with van der Waals surface area (Å²) in [6, 6.07) is 3.70. The minimum atomic E-state index is 0.0424. The number of carbonyl (C=O) groups excluding carboxylic acids is 1. The molecule has 1 aliphatic heterocycles. The van der Waals surface area contributed by atoms with E-state index < -0.39 is 0 Å². The van der Waals surface area contributed by atoms with E-state index in [0.717, 1.165) is 23.3 Å². The zero-order chi connectivity index (χ0) is 12.4. The molecule has 0 saturated carbocycles. The first-order valence-electron chi connectivity index (χ1n) is 5.72. The quantitative estimate of drug-likeness (QED) is 0.877. The van der Waals surface area contributed by atoms with Crippen LogP contribution in [0.15, 0.2) is 16.6 Å². The van der Waals surface area contributed by atoms with Gasteiger partial charge in [-0.2, -0.15) is 0 Å². The highest BCUT2D eigenvalue weighted by molar-refractivity contribution is 9.10. The van der Waals surface area contributed by atoms with Crippen LogP contribution in [0, 0.1) is 18.8 Å². The second kappa shape index (κ2) is 5.14. The average molecular weight is 298 g/mol. The van der Waals surface area contributed by atoms with Gasteiger partial charge in [0.1, 0.15) is 5.82 Å². The maximum absolute atomic E-state index is 12.0.